The third kappa shape index (κ3) is 2.97. The van der Waals surface area contributed by atoms with Crippen molar-refractivity contribution in [2.24, 2.45) is 0 Å². The average Bonchev–Trinajstić information content (AvgIpc) is 3.30. The van der Waals surface area contributed by atoms with E-state index in [0.717, 1.165) is 18.4 Å². The summed E-state index contributed by atoms with van der Waals surface area (Å²) in [6, 6.07) is 9.20. The van der Waals surface area contributed by atoms with Crippen molar-refractivity contribution in [3.63, 3.8) is 0 Å². The number of benzene rings is 1. The Bertz CT molecular complexity index is 653. The van der Waals surface area contributed by atoms with Gasteiger partial charge in [0.15, 0.2) is 0 Å². The predicted molar refractivity (Wildman–Crippen MR) is 82.4 cm³/mol. The van der Waals surface area contributed by atoms with Crippen LogP contribution in [0.1, 0.15) is 28.8 Å². The van der Waals surface area contributed by atoms with Gasteiger partial charge in [0.25, 0.3) is 5.91 Å². The van der Waals surface area contributed by atoms with Crippen molar-refractivity contribution >= 4 is 17.3 Å². The van der Waals surface area contributed by atoms with Crippen molar-refractivity contribution < 1.29 is 4.79 Å². The summed E-state index contributed by atoms with van der Waals surface area (Å²) in [4.78, 5) is 18.6. The van der Waals surface area contributed by atoms with E-state index >= 15 is 0 Å². The van der Waals surface area contributed by atoms with Gasteiger partial charge in [-0.25, -0.2) is 0 Å². The molecule has 3 rings (SSSR count). The summed E-state index contributed by atoms with van der Waals surface area (Å²) in [7, 11) is 0. The fourth-order valence-electron chi connectivity index (χ4n) is 2.37. The standard InChI is InChI=1S/C16H18N4O/c17-12-1-4-14(15(18)9-12)16(21)20(13-2-3-13)10-11-5-7-19-8-6-11/h1,4-9,13H,2-3,10,17-18H2. The van der Waals surface area contributed by atoms with Gasteiger partial charge in [0.2, 0.25) is 0 Å². The molecule has 0 atom stereocenters. The number of hydrogen-bond acceptors (Lipinski definition) is 4. The number of pyridine rings is 1. The van der Waals surface area contributed by atoms with Crippen LogP contribution in [0, 0.1) is 0 Å². The van der Waals surface area contributed by atoms with Crippen LogP contribution in [0.3, 0.4) is 0 Å². The number of carbonyl (C=O) groups is 1. The molecule has 108 valence electrons. The maximum atomic E-state index is 12.8. The fourth-order valence-corrected chi connectivity index (χ4v) is 2.37. The number of nitrogens with two attached hydrogens (primary N) is 2. The van der Waals surface area contributed by atoms with Gasteiger partial charge in [-0.15, -0.1) is 0 Å². The van der Waals surface area contributed by atoms with Crippen molar-refractivity contribution in [1.29, 1.82) is 0 Å². The summed E-state index contributed by atoms with van der Waals surface area (Å²) >= 11 is 0. The normalized spacial score (nSPS) is 13.9. The summed E-state index contributed by atoms with van der Waals surface area (Å²) in [5.41, 5.74) is 14.2. The number of rotatable bonds is 4. The number of nitrogens with zero attached hydrogens (tertiary/aromatic N) is 2. The minimum Gasteiger partial charge on any atom is -0.399 e. The topological polar surface area (TPSA) is 85.2 Å². The number of amides is 1. The molecule has 5 heteroatoms. The van der Waals surface area contributed by atoms with Crippen LogP contribution in [0.4, 0.5) is 11.4 Å². The van der Waals surface area contributed by atoms with Crippen molar-refractivity contribution in [3.05, 3.63) is 53.9 Å². The maximum absolute atomic E-state index is 12.8. The summed E-state index contributed by atoms with van der Waals surface area (Å²) in [6.45, 7) is 0.579. The van der Waals surface area contributed by atoms with E-state index in [2.05, 4.69) is 4.98 Å². The van der Waals surface area contributed by atoms with Crippen LogP contribution in [-0.4, -0.2) is 21.8 Å². The molecule has 4 N–H and O–H groups in total. The second-order valence-corrected chi connectivity index (χ2v) is 5.37. The molecule has 2 aromatic rings. The van der Waals surface area contributed by atoms with Gasteiger partial charge in [-0.2, -0.15) is 0 Å². The summed E-state index contributed by atoms with van der Waals surface area (Å²) in [6.07, 6.45) is 5.57. The first-order valence-electron chi connectivity index (χ1n) is 7.00. The van der Waals surface area contributed by atoms with Gasteiger partial charge >= 0.3 is 0 Å². The Balaban J connectivity index is 1.85. The summed E-state index contributed by atoms with van der Waals surface area (Å²) < 4.78 is 0. The number of aromatic nitrogens is 1. The molecule has 0 unspecified atom stereocenters. The first-order chi connectivity index (χ1) is 10.1. The minimum atomic E-state index is -0.0354. The SMILES string of the molecule is Nc1ccc(C(=O)N(Cc2ccncc2)C2CC2)c(N)c1. The third-order valence-electron chi connectivity index (χ3n) is 3.66. The Morgan fingerprint density at radius 1 is 1.19 bits per heavy atom. The largest absolute Gasteiger partial charge is 0.399 e. The molecule has 1 amide bonds. The van der Waals surface area contributed by atoms with Gasteiger partial charge in [0.1, 0.15) is 0 Å². The molecule has 0 bridgehead atoms. The van der Waals surface area contributed by atoms with E-state index in [1.54, 1.807) is 30.6 Å². The highest BCUT2D eigenvalue weighted by Crippen LogP contribution is 2.31. The fraction of sp³-hybridized carbons (Fsp3) is 0.250. The second kappa shape index (κ2) is 5.44. The van der Waals surface area contributed by atoms with Crippen LogP contribution < -0.4 is 11.5 Å². The molecule has 1 heterocycles. The number of carbonyl (C=O) groups excluding carboxylic acids is 1. The van der Waals surface area contributed by atoms with Crippen molar-refractivity contribution in [1.82, 2.24) is 9.88 Å². The number of anilines is 2. The molecule has 1 aliphatic carbocycles. The molecule has 1 fully saturated rings. The lowest BCUT2D eigenvalue weighted by atomic mass is 10.1. The van der Waals surface area contributed by atoms with E-state index < -0.39 is 0 Å². The molecule has 1 saturated carbocycles. The Morgan fingerprint density at radius 2 is 1.90 bits per heavy atom. The van der Waals surface area contributed by atoms with Gasteiger partial charge in [-0.1, -0.05) is 0 Å². The highest BCUT2D eigenvalue weighted by molar-refractivity contribution is 6.00. The zero-order valence-electron chi connectivity index (χ0n) is 11.7. The summed E-state index contributed by atoms with van der Waals surface area (Å²) in [5.74, 6) is -0.0354. The molecule has 1 aromatic carbocycles. The van der Waals surface area contributed by atoms with Gasteiger partial charge in [-0.3, -0.25) is 9.78 Å². The van der Waals surface area contributed by atoms with E-state index in [9.17, 15) is 4.79 Å². The molecular weight excluding hydrogens is 264 g/mol. The Labute approximate surface area is 123 Å². The number of hydrogen-bond donors (Lipinski definition) is 2. The second-order valence-electron chi connectivity index (χ2n) is 5.37. The monoisotopic (exact) mass is 282 g/mol. The van der Waals surface area contributed by atoms with Crippen LogP contribution in [0.25, 0.3) is 0 Å². The Kier molecular flexibility index (Phi) is 3.48. The predicted octanol–water partition coefficient (Wildman–Crippen LogP) is 2.05. The molecule has 5 nitrogen and oxygen atoms in total. The lowest BCUT2D eigenvalue weighted by Crippen LogP contribution is -2.33. The van der Waals surface area contributed by atoms with Crippen molar-refractivity contribution in [3.8, 4) is 0 Å². The molecular formula is C16H18N4O. The highest BCUT2D eigenvalue weighted by atomic mass is 16.2. The van der Waals surface area contributed by atoms with E-state index in [1.807, 2.05) is 17.0 Å². The van der Waals surface area contributed by atoms with E-state index in [1.165, 1.54) is 0 Å². The molecule has 0 aliphatic heterocycles. The first-order valence-corrected chi connectivity index (χ1v) is 7.00. The van der Waals surface area contributed by atoms with Gasteiger partial charge in [0, 0.05) is 36.4 Å². The van der Waals surface area contributed by atoms with Crippen LogP contribution in [0.15, 0.2) is 42.7 Å². The molecule has 0 spiro atoms. The molecule has 21 heavy (non-hydrogen) atoms. The Morgan fingerprint density at radius 3 is 2.52 bits per heavy atom. The molecule has 0 radical (unpaired) electrons. The van der Waals surface area contributed by atoms with Crippen LogP contribution in [-0.2, 0) is 6.54 Å². The zero-order chi connectivity index (χ0) is 14.8. The molecule has 1 aliphatic rings. The zero-order valence-corrected chi connectivity index (χ0v) is 11.7. The lowest BCUT2D eigenvalue weighted by molar-refractivity contribution is 0.0731. The Hall–Kier alpha value is -2.56. The van der Waals surface area contributed by atoms with E-state index in [0.29, 0.717) is 29.5 Å². The third-order valence-corrected chi connectivity index (χ3v) is 3.66. The quantitative estimate of drug-likeness (QED) is 0.840. The van der Waals surface area contributed by atoms with Gasteiger partial charge in [-0.05, 0) is 48.7 Å². The van der Waals surface area contributed by atoms with Gasteiger partial charge in [0.05, 0.1) is 5.56 Å². The van der Waals surface area contributed by atoms with E-state index in [-0.39, 0.29) is 5.91 Å². The number of nitrogen functional groups attached to an aromatic ring is 2. The highest BCUT2D eigenvalue weighted by Gasteiger charge is 2.33. The summed E-state index contributed by atoms with van der Waals surface area (Å²) in [5, 5.41) is 0. The van der Waals surface area contributed by atoms with Crippen LogP contribution in [0.2, 0.25) is 0 Å². The van der Waals surface area contributed by atoms with E-state index in [4.69, 9.17) is 11.5 Å². The average molecular weight is 282 g/mol. The first kappa shape index (κ1) is 13.4. The molecule has 0 saturated heterocycles. The molecule has 1 aromatic heterocycles. The minimum absolute atomic E-state index is 0.0354. The smallest absolute Gasteiger partial charge is 0.256 e. The van der Waals surface area contributed by atoms with Crippen LogP contribution >= 0.6 is 0 Å². The lowest BCUT2D eigenvalue weighted by Gasteiger charge is -2.23. The van der Waals surface area contributed by atoms with Gasteiger partial charge < -0.3 is 16.4 Å². The van der Waals surface area contributed by atoms with Crippen molar-refractivity contribution in [2.75, 3.05) is 11.5 Å². The maximum Gasteiger partial charge on any atom is 0.256 e. The van der Waals surface area contributed by atoms with Crippen molar-refractivity contribution in [2.45, 2.75) is 25.4 Å². The van der Waals surface area contributed by atoms with Crippen LogP contribution in [0.5, 0.6) is 0 Å².